The summed E-state index contributed by atoms with van der Waals surface area (Å²) in [5.74, 6) is 0. The van der Waals surface area contributed by atoms with Crippen LogP contribution >= 0.6 is 0 Å². The Balaban J connectivity index is 2.82. The van der Waals surface area contributed by atoms with Crippen LogP contribution in [0.5, 0.6) is 0 Å². The van der Waals surface area contributed by atoms with Gasteiger partial charge in [-0.3, -0.25) is 0 Å². The summed E-state index contributed by atoms with van der Waals surface area (Å²) in [6.45, 7) is 2.13. The van der Waals surface area contributed by atoms with Gasteiger partial charge < -0.3 is 0 Å². The molecule has 0 saturated carbocycles. The molecular weight excluding hydrogens is 240 g/mol. The maximum atomic E-state index is 8.46. The Kier molecular flexibility index (Phi) is 2.03. The molecule has 0 heterocycles. The van der Waals surface area contributed by atoms with Crippen molar-refractivity contribution in [3.8, 4) is 11.1 Å². The van der Waals surface area contributed by atoms with Gasteiger partial charge in [-0.05, 0) is 60.2 Å². The van der Waals surface area contributed by atoms with Crippen LogP contribution in [0, 0.1) is 26.0 Å². The summed E-state index contributed by atoms with van der Waals surface area (Å²) in [5.41, 5.74) is 0.952. The van der Waals surface area contributed by atoms with E-state index >= 15 is 0 Å². The van der Waals surface area contributed by atoms with Gasteiger partial charge >= 0.3 is 0 Å². The highest BCUT2D eigenvalue weighted by atomic mass is 14.2. The van der Waals surface area contributed by atoms with Crippen LogP contribution in [0.25, 0.3) is 11.1 Å². The predicted octanol–water partition coefficient (Wildman–Crippen LogP) is 5.87. The molecule has 0 aliphatic heterocycles. The summed E-state index contributed by atoms with van der Waals surface area (Å²) in [4.78, 5) is 0. The molecule has 0 aliphatic rings. The molecular formula is C20H26. The van der Waals surface area contributed by atoms with Crippen LogP contribution in [0.4, 0.5) is 0 Å². The molecule has 2 aromatic rings. The van der Waals surface area contributed by atoms with E-state index in [0.717, 1.165) is 5.56 Å². The van der Waals surface area contributed by atoms with E-state index in [4.69, 9.17) is 11.0 Å². The zero-order chi connectivity index (χ0) is 21.7. The van der Waals surface area contributed by atoms with E-state index in [9.17, 15) is 0 Å². The van der Waals surface area contributed by atoms with Crippen molar-refractivity contribution in [2.45, 2.75) is 47.8 Å². The maximum absolute atomic E-state index is 8.46. The number of benzene rings is 2. The van der Waals surface area contributed by atoms with Gasteiger partial charge in [-0.2, -0.15) is 0 Å². The molecule has 0 spiro atoms. The first kappa shape index (κ1) is 7.45. The monoisotopic (exact) mass is 274 g/mol. The highest BCUT2D eigenvalue weighted by Gasteiger charge is 2.12. The summed E-state index contributed by atoms with van der Waals surface area (Å²) >= 11 is 0. The zero-order valence-electron chi connectivity index (χ0n) is 20.5. The van der Waals surface area contributed by atoms with E-state index < -0.39 is 25.5 Å². The van der Waals surface area contributed by atoms with Gasteiger partial charge in [-0.25, -0.2) is 0 Å². The van der Waals surface area contributed by atoms with Crippen molar-refractivity contribution in [1.82, 2.24) is 0 Å². The quantitative estimate of drug-likeness (QED) is 0.642. The van der Waals surface area contributed by atoms with E-state index in [2.05, 4.69) is 0 Å². The molecule has 20 heavy (non-hydrogen) atoms. The summed E-state index contributed by atoms with van der Waals surface area (Å²) in [7, 11) is 0. The molecule has 0 atom stereocenters. The first-order valence-electron chi connectivity index (χ1n) is 10.7. The molecule has 2 aromatic carbocycles. The number of hydrogen-bond acceptors (Lipinski definition) is 0. The Bertz CT molecular complexity index is 867. The standard InChI is InChI=1S/C20H26/c1-14-7-9-18(15(2)11-14)19-10-8-17(12-16(19)3)13-20(4,5)6/h7-12H,13H2,1-6H3/i2D3,3D3,13D2. The number of rotatable bonds is 2. The lowest BCUT2D eigenvalue weighted by Crippen LogP contribution is -2.09. The highest BCUT2D eigenvalue weighted by Crippen LogP contribution is 2.29. The molecule has 0 heteroatoms. The molecule has 106 valence electrons. The fourth-order valence-corrected chi connectivity index (χ4v) is 2.18. The lowest BCUT2D eigenvalue weighted by Gasteiger charge is -2.19. The van der Waals surface area contributed by atoms with Crippen LogP contribution in [0.3, 0.4) is 0 Å². The average molecular weight is 274 g/mol. The molecule has 0 fully saturated rings. The number of hydrogen-bond donors (Lipinski definition) is 0. The topological polar surface area (TPSA) is 0 Å². The third-order valence-electron chi connectivity index (χ3n) is 3.00. The predicted molar refractivity (Wildman–Crippen MR) is 89.2 cm³/mol. The first-order chi connectivity index (χ1) is 12.5. The second kappa shape index (κ2) is 5.44. The average Bonchev–Trinajstić information content (AvgIpc) is 2.51. The SMILES string of the molecule is [2H]C([2H])([2H])c1cc(C)ccc1-c1ccc(C([2H])([2H])C(C)(C)C)cc1C([2H])([2H])[2H]. The normalized spacial score (nSPS) is 19.6. The van der Waals surface area contributed by atoms with Crippen molar-refractivity contribution in [2.75, 3.05) is 0 Å². The van der Waals surface area contributed by atoms with E-state index in [1.165, 1.54) is 12.1 Å². The Morgan fingerprint density at radius 3 is 2.15 bits per heavy atom. The van der Waals surface area contributed by atoms with Crippen LogP contribution in [0.2, 0.25) is 0 Å². The molecule has 0 amide bonds. The molecule has 0 unspecified atom stereocenters. The Morgan fingerprint density at radius 1 is 0.950 bits per heavy atom. The summed E-state index contributed by atoms with van der Waals surface area (Å²) in [5, 5.41) is 0. The minimum Gasteiger partial charge on any atom is -0.0599 e. The van der Waals surface area contributed by atoms with Gasteiger partial charge in [-0.15, -0.1) is 0 Å². The van der Waals surface area contributed by atoms with Crippen LogP contribution in [0.15, 0.2) is 36.4 Å². The minimum absolute atomic E-state index is 0.0486. The molecule has 0 aromatic heterocycles. The fourth-order valence-electron chi connectivity index (χ4n) is 2.18. The molecule has 0 saturated heterocycles. The number of aryl methyl sites for hydroxylation is 3. The van der Waals surface area contributed by atoms with Gasteiger partial charge in [0.2, 0.25) is 0 Å². The van der Waals surface area contributed by atoms with Crippen molar-refractivity contribution in [3.05, 3.63) is 58.7 Å². The van der Waals surface area contributed by atoms with Crippen molar-refractivity contribution in [1.29, 1.82) is 0 Å². The lowest BCUT2D eigenvalue weighted by atomic mass is 9.86. The van der Waals surface area contributed by atoms with E-state index in [0.29, 0.717) is 11.1 Å². The van der Waals surface area contributed by atoms with Crippen molar-refractivity contribution >= 4 is 0 Å². The third kappa shape index (κ3) is 3.50. The van der Waals surface area contributed by atoms with Gasteiger partial charge in [0.25, 0.3) is 0 Å². The summed E-state index contributed by atoms with van der Waals surface area (Å²) in [6.07, 6.45) is -1.76. The van der Waals surface area contributed by atoms with Crippen molar-refractivity contribution in [3.63, 3.8) is 0 Å². The first-order valence-corrected chi connectivity index (χ1v) is 6.73. The maximum Gasteiger partial charge on any atom is 0.0321 e. The molecule has 0 radical (unpaired) electrons. The van der Waals surface area contributed by atoms with Gasteiger partial charge in [-0.1, -0.05) is 62.7 Å². The molecule has 0 nitrogen and oxygen atoms in total. The smallest absolute Gasteiger partial charge is 0.0321 e. The molecule has 0 bridgehead atoms. The molecule has 2 rings (SSSR count). The third-order valence-corrected chi connectivity index (χ3v) is 3.00. The minimum atomic E-state index is -2.52. The van der Waals surface area contributed by atoms with Crippen LogP contribution in [-0.4, -0.2) is 0 Å². The molecule has 0 aliphatic carbocycles. The Labute approximate surface area is 135 Å². The zero-order valence-corrected chi connectivity index (χ0v) is 12.5. The lowest BCUT2D eigenvalue weighted by molar-refractivity contribution is 0.411. The van der Waals surface area contributed by atoms with Gasteiger partial charge in [0.05, 0.1) is 0 Å². The van der Waals surface area contributed by atoms with Crippen molar-refractivity contribution < 1.29 is 11.0 Å². The largest absolute Gasteiger partial charge is 0.0599 e. The van der Waals surface area contributed by atoms with Crippen molar-refractivity contribution in [2.24, 2.45) is 5.41 Å². The second-order valence-corrected chi connectivity index (χ2v) is 6.18. The van der Waals surface area contributed by atoms with Crippen LogP contribution in [0.1, 0.15) is 54.0 Å². The van der Waals surface area contributed by atoms with E-state index in [1.54, 1.807) is 52.0 Å². The highest BCUT2D eigenvalue weighted by molar-refractivity contribution is 5.71. The van der Waals surface area contributed by atoms with Crippen LogP contribution < -0.4 is 0 Å². The Morgan fingerprint density at radius 2 is 1.55 bits per heavy atom. The van der Waals surface area contributed by atoms with Gasteiger partial charge in [0, 0.05) is 11.0 Å². The van der Waals surface area contributed by atoms with E-state index in [1.807, 2.05) is 0 Å². The van der Waals surface area contributed by atoms with Gasteiger partial charge in [0.15, 0.2) is 0 Å². The van der Waals surface area contributed by atoms with E-state index in [-0.39, 0.29) is 16.7 Å². The molecule has 0 N–H and O–H groups in total. The van der Waals surface area contributed by atoms with Gasteiger partial charge in [0.1, 0.15) is 0 Å². The van der Waals surface area contributed by atoms with Crippen LogP contribution in [-0.2, 0) is 6.37 Å². The second-order valence-electron chi connectivity index (χ2n) is 6.18. The summed E-state index contributed by atoms with van der Waals surface area (Å²) in [6, 6.07) is 9.36. The Hall–Kier alpha value is -1.56. The summed E-state index contributed by atoms with van der Waals surface area (Å²) < 4.78 is 64.3. The fraction of sp³-hybridized carbons (Fsp3) is 0.400.